The number of aromatic nitrogens is 2. The number of nitrogen functional groups attached to an aromatic ring is 1. The Kier molecular flexibility index (Phi) is 3.64. The second-order valence-corrected chi connectivity index (χ2v) is 5.26. The molecule has 5 nitrogen and oxygen atoms in total. The molecule has 0 saturated heterocycles. The highest BCUT2D eigenvalue weighted by Gasteiger charge is 2.20. The van der Waals surface area contributed by atoms with Gasteiger partial charge < -0.3 is 15.4 Å². The molecule has 0 fully saturated rings. The maximum absolute atomic E-state index is 5.90. The van der Waals surface area contributed by atoms with Gasteiger partial charge in [-0.15, -0.1) is 0 Å². The fraction of sp³-hybridized carbons (Fsp3) is 0.375. The molecule has 21 heavy (non-hydrogen) atoms. The van der Waals surface area contributed by atoms with E-state index in [1.165, 1.54) is 11.1 Å². The lowest BCUT2D eigenvalue weighted by Gasteiger charge is -2.31. The molecule has 0 spiro atoms. The molecule has 0 amide bonds. The first-order chi connectivity index (χ1) is 10.2. The van der Waals surface area contributed by atoms with Gasteiger partial charge in [-0.2, -0.15) is 0 Å². The highest BCUT2D eigenvalue weighted by molar-refractivity contribution is 5.54. The van der Waals surface area contributed by atoms with E-state index in [4.69, 9.17) is 10.5 Å². The minimum atomic E-state index is 0.608. The Morgan fingerprint density at radius 3 is 2.95 bits per heavy atom. The van der Waals surface area contributed by atoms with E-state index in [2.05, 4.69) is 27.0 Å². The third kappa shape index (κ3) is 2.63. The average molecular weight is 284 g/mol. The molecule has 3 rings (SSSR count). The van der Waals surface area contributed by atoms with Gasteiger partial charge in [0.1, 0.15) is 12.1 Å². The third-order valence-electron chi connectivity index (χ3n) is 3.83. The monoisotopic (exact) mass is 284 g/mol. The van der Waals surface area contributed by atoms with Gasteiger partial charge in [0.2, 0.25) is 5.88 Å². The van der Waals surface area contributed by atoms with Crippen LogP contribution >= 0.6 is 0 Å². The zero-order valence-electron chi connectivity index (χ0n) is 12.5. The molecule has 2 N–H and O–H groups in total. The standard InChI is InChI=1S/C16H20N4O/c1-3-21-16-11(2)15(18-10-19-16)20-7-6-12-4-5-14(17)8-13(12)9-20/h4-5,8,10H,3,6-7,9,17H2,1-2H3. The topological polar surface area (TPSA) is 64.3 Å². The first-order valence-corrected chi connectivity index (χ1v) is 7.25. The number of hydrogen-bond donors (Lipinski definition) is 1. The maximum atomic E-state index is 5.90. The molecule has 1 aliphatic rings. The Bertz CT molecular complexity index is 657. The van der Waals surface area contributed by atoms with Crippen molar-refractivity contribution in [3.05, 3.63) is 41.2 Å². The highest BCUT2D eigenvalue weighted by atomic mass is 16.5. The van der Waals surface area contributed by atoms with Crippen molar-refractivity contribution in [3.63, 3.8) is 0 Å². The largest absolute Gasteiger partial charge is 0.478 e. The lowest BCUT2D eigenvalue weighted by molar-refractivity contribution is 0.323. The molecule has 1 aromatic carbocycles. The molecule has 0 aliphatic carbocycles. The van der Waals surface area contributed by atoms with Gasteiger partial charge >= 0.3 is 0 Å². The van der Waals surface area contributed by atoms with Gasteiger partial charge in [0.25, 0.3) is 0 Å². The van der Waals surface area contributed by atoms with Crippen LogP contribution in [0.1, 0.15) is 23.6 Å². The van der Waals surface area contributed by atoms with Crippen LogP contribution in [0.25, 0.3) is 0 Å². The quantitative estimate of drug-likeness (QED) is 0.876. The maximum Gasteiger partial charge on any atom is 0.221 e. The molecule has 1 aromatic heterocycles. The van der Waals surface area contributed by atoms with Crippen molar-refractivity contribution >= 4 is 11.5 Å². The zero-order valence-corrected chi connectivity index (χ0v) is 12.5. The molecule has 110 valence electrons. The van der Waals surface area contributed by atoms with Crippen molar-refractivity contribution < 1.29 is 4.74 Å². The molecule has 5 heteroatoms. The fourth-order valence-corrected chi connectivity index (χ4v) is 2.78. The van der Waals surface area contributed by atoms with E-state index in [0.29, 0.717) is 12.5 Å². The van der Waals surface area contributed by atoms with E-state index in [0.717, 1.165) is 36.6 Å². The molecule has 1 aliphatic heterocycles. The van der Waals surface area contributed by atoms with E-state index >= 15 is 0 Å². The van der Waals surface area contributed by atoms with Crippen LogP contribution in [0.4, 0.5) is 11.5 Å². The summed E-state index contributed by atoms with van der Waals surface area (Å²) in [5.74, 6) is 1.61. The lowest BCUT2D eigenvalue weighted by Crippen LogP contribution is -2.31. The Morgan fingerprint density at radius 1 is 1.29 bits per heavy atom. The summed E-state index contributed by atoms with van der Waals surface area (Å²) in [5.41, 5.74) is 10.3. The van der Waals surface area contributed by atoms with Gasteiger partial charge in [0, 0.05) is 18.8 Å². The number of fused-ring (bicyclic) bond motifs is 1. The van der Waals surface area contributed by atoms with Crippen LogP contribution in [0.2, 0.25) is 0 Å². The number of anilines is 2. The van der Waals surface area contributed by atoms with Crippen LogP contribution in [0, 0.1) is 6.92 Å². The summed E-state index contributed by atoms with van der Waals surface area (Å²) in [5, 5.41) is 0. The first kappa shape index (κ1) is 13.7. The molecular formula is C16H20N4O. The summed E-state index contributed by atoms with van der Waals surface area (Å²) in [4.78, 5) is 10.9. The predicted molar refractivity (Wildman–Crippen MR) is 83.5 cm³/mol. The van der Waals surface area contributed by atoms with Gasteiger partial charge in [0.05, 0.1) is 12.2 Å². The SMILES string of the molecule is CCOc1ncnc(N2CCc3ccc(N)cc3C2)c1C. The van der Waals surface area contributed by atoms with Gasteiger partial charge in [-0.25, -0.2) is 9.97 Å². The molecular weight excluding hydrogens is 264 g/mol. The van der Waals surface area contributed by atoms with Crippen molar-refractivity contribution in [2.24, 2.45) is 0 Å². The van der Waals surface area contributed by atoms with Crippen LogP contribution in [-0.2, 0) is 13.0 Å². The lowest BCUT2D eigenvalue weighted by atomic mass is 9.99. The molecule has 0 unspecified atom stereocenters. The zero-order chi connectivity index (χ0) is 14.8. The van der Waals surface area contributed by atoms with E-state index in [-0.39, 0.29) is 0 Å². The fourth-order valence-electron chi connectivity index (χ4n) is 2.78. The average Bonchev–Trinajstić information content (AvgIpc) is 2.49. The highest BCUT2D eigenvalue weighted by Crippen LogP contribution is 2.29. The molecule has 0 bridgehead atoms. The predicted octanol–water partition coefficient (Wildman–Crippen LogP) is 2.33. The molecule has 2 aromatic rings. The van der Waals surface area contributed by atoms with Crippen molar-refractivity contribution in [2.75, 3.05) is 23.8 Å². The van der Waals surface area contributed by atoms with Crippen molar-refractivity contribution in [1.82, 2.24) is 9.97 Å². The van der Waals surface area contributed by atoms with Gasteiger partial charge in [-0.1, -0.05) is 6.07 Å². The number of benzene rings is 1. The van der Waals surface area contributed by atoms with Crippen molar-refractivity contribution in [1.29, 1.82) is 0 Å². The Balaban J connectivity index is 1.91. The van der Waals surface area contributed by atoms with Crippen LogP contribution in [0.3, 0.4) is 0 Å². The van der Waals surface area contributed by atoms with E-state index in [1.54, 1.807) is 6.33 Å². The molecule has 0 radical (unpaired) electrons. The summed E-state index contributed by atoms with van der Waals surface area (Å²) in [7, 11) is 0. The summed E-state index contributed by atoms with van der Waals surface area (Å²) < 4.78 is 5.56. The van der Waals surface area contributed by atoms with Crippen LogP contribution in [0.5, 0.6) is 5.88 Å². The van der Waals surface area contributed by atoms with E-state index in [1.807, 2.05) is 19.9 Å². The van der Waals surface area contributed by atoms with E-state index in [9.17, 15) is 0 Å². The van der Waals surface area contributed by atoms with Crippen molar-refractivity contribution in [3.8, 4) is 5.88 Å². The van der Waals surface area contributed by atoms with Crippen LogP contribution in [-0.4, -0.2) is 23.1 Å². The second-order valence-electron chi connectivity index (χ2n) is 5.26. The van der Waals surface area contributed by atoms with Gasteiger partial charge in [-0.05, 0) is 43.5 Å². The molecule has 0 atom stereocenters. The number of nitrogens with two attached hydrogens (primary N) is 1. The van der Waals surface area contributed by atoms with E-state index < -0.39 is 0 Å². The Hall–Kier alpha value is -2.30. The Labute approximate surface area is 124 Å². The number of rotatable bonds is 3. The normalized spacial score (nSPS) is 13.9. The summed E-state index contributed by atoms with van der Waals surface area (Å²) in [6.45, 7) is 6.34. The molecule has 2 heterocycles. The smallest absolute Gasteiger partial charge is 0.221 e. The van der Waals surface area contributed by atoms with Crippen molar-refractivity contribution in [2.45, 2.75) is 26.8 Å². The molecule has 0 saturated carbocycles. The summed E-state index contributed by atoms with van der Waals surface area (Å²) in [6.07, 6.45) is 2.57. The number of hydrogen-bond acceptors (Lipinski definition) is 5. The summed E-state index contributed by atoms with van der Waals surface area (Å²) >= 11 is 0. The first-order valence-electron chi connectivity index (χ1n) is 7.25. The number of ether oxygens (including phenoxy) is 1. The van der Waals surface area contributed by atoms with Gasteiger partial charge in [-0.3, -0.25) is 0 Å². The number of nitrogens with zero attached hydrogens (tertiary/aromatic N) is 3. The Morgan fingerprint density at radius 2 is 2.14 bits per heavy atom. The third-order valence-corrected chi connectivity index (χ3v) is 3.83. The van der Waals surface area contributed by atoms with Gasteiger partial charge in [0.15, 0.2) is 0 Å². The summed E-state index contributed by atoms with van der Waals surface area (Å²) in [6, 6.07) is 6.15. The minimum absolute atomic E-state index is 0.608. The minimum Gasteiger partial charge on any atom is -0.478 e. The van der Waals surface area contributed by atoms with Crippen LogP contribution < -0.4 is 15.4 Å². The second kappa shape index (κ2) is 5.60. The van der Waals surface area contributed by atoms with Crippen LogP contribution in [0.15, 0.2) is 24.5 Å².